The zero-order valence-electron chi connectivity index (χ0n) is 14.4. The molecule has 2 aliphatic rings. The number of fused-ring (bicyclic) bond motifs is 1. The number of rotatable bonds is 1. The molecule has 24 heavy (non-hydrogen) atoms. The number of urea groups is 1. The molecule has 5 nitrogen and oxygen atoms in total. The molecular weight excluding hydrogens is 324 g/mol. The van der Waals surface area contributed by atoms with Gasteiger partial charge in [-0.2, -0.15) is 0 Å². The van der Waals surface area contributed by atoms with Gasteiger partial charge in [0.2, 0.25) is 0 Å². The van der Waals surface area contributed by atoms with Crippen molar-refractivity contribution in [3.63, 3.8) is 0 Å². The molecule has 0 spiro atoms. The van der Waals surface area contributed by atoms with Crippen LogP contribution in [0.5, 0.6) is 0 Å². The number of hydrogen-bond donors (Lipinski definition) is 1. The average molecular weight is 350 g/mol. The fourth-order valence-electron chi connectivity index (χ4n) is 3.76. The van der Waals surface area contributed by atoms with E-state index in [0.717, 1.165) is 25.7 Å². The van der Waals surface area contributed by atoms with E-state index in [-0.39, 0.29) is 30.4 Å². The highest BCUT2D eigenvalue weighted by Crippen LogP contribution is 2.29. The minimum atomic E-state index is -3.09. The Morgan fingerprint density at radius 3 is 2.75 bits per heavy atom. The van der Waals surface area contributed by atoms with Crippen molar-refractivity contribution in [3.05, 3.63) is 35.4 Å². The molecule has 1 aromatic rings. The minimum Gasteiger partial charge on any atom is -0.331 e. The summed E-state index contributed by atoms with van der Waals surface area (Å²) >= 11 is 0. The van der Waals surface area contributed by atoms with Crippen LogP contribution in [0.15, 0.2) is 24.3 Å². The number of nitrogens with one attached hydrogen (secondary N) is 1. The van der Waals surface area contributed by atoms with E-state index in [4.69, 9.17) is 0 Å². The van der Waals surface area contributed by atoms with E-state index < -0.39 is 15.1 Å². The molecule has 3 atom stereocenters. The predicted molar refractivity (Wildman–Crippen MR) is 94.7 cm³/mol. The van der Waals surface area contributed by atoms with Gasteiger partial charge in [-0.3, -0.25) is 0 Å². The highest BCUT2D eigenvalue weighted by atomic mass is 32.2. The molecule has 0 saturated carbocycles. The van der Waals surface area contributed by atoms with Gasteiger partial charge < -0.3 is 10.2 Å². The summed E-state index contributed by atoms with van der Waals surface area (Å²) in [4.78, 5) is 14.5. The molecule has 1 N–H and O–H groups in total. The van der Waals surface area contributed by atoms with Gasteiger partial charge in [0, 0.05) is 12.6 Å². The maximum atomic E-state index is 12.8. The molecule has 2 amide bonds. The van der Waals surface area contributed by atoms with Gasteiger partial charge in [0.1, 0.15) is 0 Å². The van der Waals surface area contributed by atoms with Crippen LogP contribution in [0.1, 0.15) is 50.3 Å². The molecule has 1 aliphatic heterocycles. The van der Waals surface area contributed by atoms with Crippen molar-refractivity contribution < 1.29 is 13.2 Å². The molecule has 1 aromatic carbocycles. The normalized spacial score (nSPS) is 29.4. The van der Waals surface area contributed by atoms with Crippen LogP contribution >= 0.6 is 0 Å². The molecule has 3 unspecified atom stereocenters. The van der Waals surface area contributed by atoms with Crippen LogP contribution in [0, 0.1) is 0 Å². The summed E-state index contributed by atoms with van der Waals surface area (Å²) in [6, 6.07) is 7.85. The lowest BCUT2D eigenvalue weighted by molar-refractivity contribution is 0.173. The third kappa shape index (κ3) is 3.29. The Balaban J connectivity index is 1.76. The minimum absolute atomic E-state index is 0.0113. The smallest absolute Gasteiger partial charge is 0.318 e. The Bertz CT molecular complexity index is 717. The Kier molecular flexibility index (Phi) is 4.85. The number of carbonyl (C=O) groups is 1. The summed E-state index contributed by atoms with van der Waals surface area (Å²) in [5, 5.41) is 2.64. The van der Waals surface area contributed by atoms with Gasteiger partial charge in [-0.15, -0.1) is 0 Å². The van der Waals surface area contributed by atoms with Crippen molar-refractivity contribution >= 4 is 15.9 Å². The Morgan fingerprint density at radius 2 is 1.96 bits per heavy atom. The van der Waals surface area contributed by atoms with Crippen molar-refractivity contribution in [2.45, 2.75) is 56.9 Å². The second-order valence-corrected chi connectivity index (χ2v) is 9.43. The first-order valence-corrected chi connectivity index (χ1v) is 10.5. The fraction of sp³-hybridized carbons (Fsp3) is 0.611. The van der Waals surface area contributed by atoms with Gasteiger partial charge in [-0.25, -0.2) is 13.2 Å². The van der Waals surface area contributed by atoms with Crippen LogP contribution in [0.25, 0.3) is 0 Å². The maximum absolute atomic E-state index is 12.8. The summed E-state index contributed by atoms with van der Waals surface area (Å²) in [5.41, 5.74) is 2.51. The SMILES string of the molecule is CC1C(C)S(=O)(=O)CCN1C(=O)NC1CCCCc2ccccc21. The lowest BCUT2D eigenvalue weighted by Gasteiger charge is -2.38. The Hall–Kier alpha value is -1.56. The van der Waals surface area contributed by atoms with Gasteiger partial charge in [-0.05, 0) is 44.2 Å². The fourth-order valence-corrected chi connectivity index (χ4v) is 5.33. The zero-order chi connectivity index (χ0) is 17.3. The van der Waals surface area contributed by atoms with Crippen LogP contribution in [-0.2, 0) is 16.3 Å². The van der Waals surface area contributed by atoms with Crippen molar-refractivity contribution in [3.8, 4) is 0 Å². The number of amides is 2. The molecule has 1 saturated heterocycles. The lowest BCUT2D eigenvalue weighted by atomic mass is 9.99. The largest absolute Gasteiger partial charge is 0.331 e. The highest BCUT2D eigenvalue weighted by Gasteiger charge is 2.38. The van der Waals surface area contributed by atoms with E-state index in [2.05, 4.69) is 17.4 Å². The third-order valence-corrected chi connectivity index (χ3v) is 7.81. The van der Waals surface area contributed by atoms with Crippen LogP contribution in [0.4, 0.5) is 4.79 Å². The molecule has 0 bridgehead atoms. The standard InChI is InChI=1S/C18H26N2O3S/c1-13-14(2)24(22,23)12-11-20(13)18(21)19-17-10-6-4-8-15-7-3-5-9-16(15)17/h3,5,7,9,13-14,17H,4,6,8,10-12H2,1-2H3,(H,19,21). The second-order valence-electron chi connectivity index (χ2n) is 6.95. The van der Waals surface area contributed by atoms with Gasteiger partial charge in [0.05, 0.1) is 17.0 Å². The van der Waals surface area contributed by atoms with Crippen molar-refractivity contribution in [2.75, 3.05) is 12.3 Å². The van der Waals surface area contributed by atoms with E-state index in [1.165, 1.54) is 11.1 Å². The van der Waals surface area contributed by atoms with Crippen LogP contribution < -0.4 is 5.32 Å². The summed E-state index contributed by atoms with van der Waals surface area (Å²) < 4.78 is 24.0. The first-order valence-electron chi connectivity index (χ1n) is 8.76. The summed E-state index contributed by atoms with van der Waals surface area (Å²) in [7, 11) is -3.09. The number of sulfone groups is 1. The number of carbonyl (C=O) groups excluding carboxylic acids is 1. The van der Waals surface area contributed by atoms with Crippen molar-refractivity contribution in [1.29, 1.82) is 0 Å². The van der Waals surface area contributed by atoms with Crippen molar-refractivity contribution in [1.82, 2.24) is 10.2 Å². The highest BCUT2D eigenvalue weighted by molar-refractivity contribution is 7.92. The average Bonchev–Trinajstić information content (AvgIpc) is 2.75. The van der Waals surface area contributed by atoms with Gasteiger partial charge >= 0.3 is 6.03 Å². The second kappa shape index (κ2) is 6.75. The molecule has 0 aromatic heterocycles. The molecule has 0 radical (unpaired) electrons. The van der Waals surface area contributed by atoms with Crippen LogP contribution in [0.3, 0.4) is 0 Å². The number of aryl methyl sites for hydroxylation is 1. The summed E-state index contributed by atoms with van der Waals surface area (Å²) in [6.45, 7) is 3.79. The van der Waals surface area contributed by atoms with Gasteiger partial charge in [0.15, 0.2) is 9.84 Å². The van der Waals surface area contributed by atoms with E-state index >= 15 is 0 Å². The zero-order valence-corrected chi connectivity index (χ0v) is 15.2. The predicted octanol–water partition coefficient (Wildman–Crippen LogP) is 2.67. The maximum Gasteiger partial charge on any atom is 0.318 e. The number of hydrogen-bond acceptors (Lipinski definition) is 3. The summed E-state index contributed by atoms with van der Waals surface area (Å²) in [5.74, 6) is 0.0488. The first-order chi connectivity index (χ1) is 11.4. The molecule has 132 valence electrons. The summed E-state index contributed by atoms with van der Waals surface area (Å²) in [6.07, 6.45) is 4.20. The van der Waals surface area contributed by atoms with Crippen LogP contribution in [0.2, 0.25) is 0 Å². The van der Waals surface area contributed by atoms with Crippen molar-refractivity contribution in [2.24, 2.45) is 0 Å². The Morgan fingerprint density at radius 1 is 1.21 bits per heavy atom. The topological polar surface area (TPSA) is 66.5 Å². The molecule has 1 heterocycles. The number of benzene rings is 1. The number of nitrogens with zero attached hydrogens (tertiary/aromatic N) is 1. The van der Waals surface area contributed by atoms with E-state index in [0.29, 0.717) is 0 Å². The molecule has 6 heteroatoms. The van der Waals surface area contributed by atoms with Gasteiger partial charge in [-0.1, -0.05) is 30.7 Å². The quantitative estimate of drug-likeness (QED) is 0.792. The van der Waals surface area contributed by atoms with E-state index in [1.54, 1.807) is 11.8 Å². The lowest BCUT2D eigenvalue weighted by Crippen LogP contribution is -2.57. The van der Waals surface area contributed by atoms with E-state index in [1.807, 2.05) is 19.1 Å². The van der Waals surface area contributed by atoms with Crippen LogP contribution in [-0.4, -0.2) is 42.9 Å². The van der Waals surface area contributed by atoms with E-state index in [9.17, 15) is 13.2 Å². The molecular formula is C18H26N2O3S. The monoisotopic (exact) mass is 350 g/mol. The van der Waals surface area contributed by atoms with Gasteiger partial charge in [0.25, 0.3) is 0 Å². The Labute approximate surface area is 144 Å². The molecule has 1 aliphatic carbocycles. The first kappa shape index (κ1) is 17.3. The molecule has 3 rings (SSSR count). The molecule has 1 fully saturated rings. The third-order valence-electron chi connectivity index (χ3n) is 5.53.